The Hall–Kier alpha value is -4.54. The molecule has 0 fully saturated rings. The van der Waals surface area contributed by atoms with Gasteiger partial charge in [0.1, 0.15) is 17.2 Å². The molecule has 0 saturated heterocycles. The van der Waals surface area contributed by atoms with Crippen LogP contribution in [0.15, 0.2) is 42.5 Å². The lowest BCUT2D eigenvalue weighted by Gasteiger charge is -2.15. The molecule has 36 heavy (non-hydrogen) atoms. The monoisotopic (exact) mass is 487 g/mol. The molecule has 2 aromatic carbocycles. The Kier molecular flexibility index (Phi) is 5.96. The second kappa shape index (κ2) is 9.25. The van der Waals surface area contributed by atoms with Crippen LogP contribution in [-0.2, 0) is 13.0 Å². The minimum Gasteiger partial charge on any atom is -0.347 e. The molecule has 1 aliphatic rings. The number of tetrazole rings is 1. The minimum absolute atomic E-state index is 0.00310. The number of nitrogens with zero attached hydrogens (tertiary/aromatic N) is 5. The summed E-state index contributed by atoms with van der Waals surface area (Å²) in [7, 11) is 0. The number of hydrogen-bond acceptors (Lipinski definition) is 7. The molecule has 1 atom stereocenters. The summed E-state index contributed by atoms with van der Waals surface area (Å²) in [5.74, 6) is -1.32. The van der Waals surface area contributed by atoms with Gasteiger partial charge in [-0.25, -0.2) is 9.37 Å². The molecule has 0 spiro atoms. The third-order valence-electron chi connectivity index (χ3n) is 6.25. The summed E-state index contributed by atoms with van der Waals surface area (Å²) in [6.07, 6.45) is 1.41. The summed E-state index contributed by atoms with van der Waals surface area (Å²) < 4.78 is 14.7. The van der Waals surface area contributed by atoms with Gasteiger partial charge in [-0.15, -0.1) is 0 Å². The Morgan fingerprint density at radius 2 is 1.94 bits per heavy atom. The zero-order valence-electron chi connectivity index (χ0n) is 19.6. The number of carbonyl (C=O) groups excluding carboxylic acids is 3. The molecule has 5 rings (SSSR count). The van der Waals surface area contributed by atoms with Crippen molar-refractivity contribution in [2.45, 2.75) is 39.3 Å². The number of ketones is 1. The molecule has 2 N–H and O–H groups in total. The summed E-state index contributed by atoms with van der Waals surface area (Å²) in [6.45, 7) is 3.32. The number of benzene rings is 2. The number of rotatable bonds is 6. The predicted octanol–water partition coefficient (Wildman–Crippen LogP) is 2.52. The maximum absolute atomic E-state index is 13.5. The van der Waals surface area contributed by atoms with Gasteiger partial charge in [-0.05, 0) is 71.5 Å². The number of hydrogen-bond donors (Lipinski definition) is 2. The van der Waals surface area contributed by atoms with Crippen LogP contribution in [0.2, 0.25) is 0 Å². The van der Waals surface area contributed by atoms with Gasteiger partial charge in [-0.2, -0.15) is 4.52 Å². The molecule has 0 unspecified atom stereocenters. The van der Waals surface area contributed by atoms with Crippen LogP contribution >= 0.6 is 0 Å². The lowest BCUT2D eigenvalue weighted by Crippen LogP contribution is -2.30. The maximum Gasteiger partial charge on any atom is 0.274 e. The number of amides is 2. The van der Waals surface area contributed by atoms with Gasteiger partial charge in [0.05, 0.1) is 6.04 Å². The Labute approximate surface area is 204 Å². The molecular weight excluding hydrogens is 465 g/mol. The van der Waals surface area contributed by atoms with Crippen molar-refractivity contribution in [2.75, 3.05) is 0 Å². The number of nitrogens with one attached hydrogen (secondary N) is 2. The van der Waals surface area contributed by atoms with Gasteiger partial charge in [-0.3, -0.25) is 14.4 Å². The van der Waals surface area contributed by atoms with Crippen molar-refractivity contribution in [2.24, 2.45) is 0 Å². The fourth-order valence-electron chi connectivity index (χ4n) is 4.32. The number of aromatic nitrogens is 5. The summed E-state index contributed by atoms with van der Waals surface area (Å²) in [6, 6.07) is 11.1. The van der Waals surface area contributed by atoms with Gasteiger partial charge in [0.15, 0.2) is 5.78 Å². The van der Waals surface area contributed by atoms with Gasteiger partial charge in [0, 0.05) is 18.2 Å². The summed E-state index contributed by atoms with van der Waals surface area (Å²) in [5.41, 5.74) is 3.82. The largest absolute Gasteiger partial charge is 0.347 e. The average molecular weight is 487 g/mol. The molecule has 11 heteroatoms. The van der Waals surface area contributed by atoms with Gasteiger partial charge < -0.3 is 10.6 Å². The number of fused-ring (bicyclic) bond motifs is 2. The highest BCUT2D eigenvalue weighted by molar-refractivity contribution is 5.98. The first-order chi connectivity index (χ1) is 17.3. The molecule has 0 saturated carbocycles. The van der Waals surface area contributed by atoms with Crippen molar-refractivity contribution in [1.29, 1.82) is 0 Å². The summed E-state index contributed by atoms with van der Waals surface area (Å²) >= 11 is 0. The normalized spacial score (nSPS) is 14.5. The zero-order valence-corrected chi connectivity index (χ0v) is 19.6. The van der Waals surface area contributed by atoms with Crippen LogP contribution in [0.3, 0.4) is 0 Å². The van der Waals surface area contributed by atoms with Crippen molar-refractivity contribution in [3.63, 3.8) is 0 Å². The quantitative estimate of drug-likeness (QED) is 0.400. The second-order valence-corrected chi connectivity index (χ2v) is 8.72. The highest BCUT2D eigenvalue weighted by Gasteiger charge is 2.27. The average Bonchev–Trinajstić information content (AvgIpc) is 3.50. The first-order valence-electron chi connectivity index (χ1n) is 11.4. The number of aryl methyl sites for hydroxylation is 2. The number of carbonyl (C=O) groups is 3. The molecular formula is C25H22FN7O3. The summed E-state index contributed by atoms with van der Waals surface area (Å²) in [5, 5.41) is 16.9. The van der Waals surface area contributed by atoms with Crippen LogP contribution in [0.5, 0.6) is 0 Å². The van der Waals surface area contributed by atoms with Crippen molar-refractivity contribution in [3.05, 3.63) is 87.5 Å². The van der Waals surface area contributed by atoms with Crippen molar-refractivity contribution >= 4 is 23.4 Å². The third kappa shape index (κ3) is 4.42. The van der Waals surface area contributed by atoms with E-state index in [0.717, 1.165) is 23.1 Å². The Morgan fingerprint density at radius 1 is 1.11 bits per heavy atom. The highest BCUT2D eigenvalue weighted by Crippen LogP contribution is 2.32. The fourth-order valence-corrected chi connectivity index (χ4v) is 4.32. The predicted molar refractivity (Wildman–Crippen MR) is 126 cm³/mol. The molecule has 0 aliphatic heterocycles. The molecule has 2 aromatic heterocycles. The molecule has 2 heterocycles. The second-order valence-electron chi connectivity index (χ2n) is 8.72. The SMILES string of the molecule is CC(=O)c1ccc2c(c1)CC[C@@H]2NC(=O)c1cc(C(=O)NCc2ccc(F)c(C)c2)nc2nnnn12. The van der Waals surface area contributed by atoms with Gasteiger partial charge in [0.2, 0.25) is 0 Å². The Bertz CT molecular complexity index is 1530. The topological polar surface area (TPSA) is 131 Å². The molecule has 0 bridgehead atoms. The Balaban J connectivity index is 1.36. The molecule has 0 radical (unpaired) electrons. The molecule has 2 amide bonds. The lowest BCUT2D eigenvalue weighted by molar-refractivity contribution is 0.0927. The maximum atomic E-state index is 13.5. The van der Waals surface area contributed by atoms with Gasteiger partial charge in [0.25, 0.3) is 17.6 Å². The van der Waals surface area contributed by atoms with E-state index >= 15 is 0 Å². The standard InChI is InChI=1S/C25H22FN7O3/c1-13-9-15(3-7-19(13)26)12-27-23(35)21-11-22(33-25(29-21)30-31-32-33)24(36)28-20-8-5-17-10-16(14(2)34)4-6-18(17)20/h3-4,6-7,9-11,20H,5,8,12H2,1-2H3,(H,27,35)(H,28,36)/t20-/m0/s1. The fraction of sp³-hybridized carbons (Fsp3) is 0.240. The van der Waals surface area contributed by atoms with E-state index < -0.39 is 11.8 Å². The first kappa shape index (κ1) is 23.2. The Morgan fingerprint density at radius 3 is 2.72 bits per heavy atom. The van der Waals surface area contributed by atoms with Crippen LogP contribution in [0.1, 0.15) is 73.0 Å². The number of Topliss-reactive ketones (excluding diaryl/α,β-unsaturated/α-hetero) is 1. The van der Waals surface area contributed by atoms with Crippen LogP contribution < -0.4 is 10.6 Å². The van der Waals surface area contributed by atoms with Crippen LogP contribution in [0.25, 0.3) is 5.78 Å². The molecule has 1 aliphatic carbocycles. The van der Waals surface area contributed by atoms with Gasteiger partial charge in [-0.1, -0.05) is 29.4 Å². The summed E-state index contributed by atoms with van der Waals surface area (Å²) in [4.78, 5) is 41.9. The number of halogens is 1. The van der Waals surface area contributed by atoms with E-state index in [0.29, 0.717) is 17.5 Å². The van der Waals surface area contributed by atoms with Crippen molar-refractivity contribution < 1.29 is 18.8 Å². The van der Waals surface area contributed by atoms with E-state index in [1.54, 1.807) is 25.1 Å². The minimum atomic E-state index is -0.528. The van der Waals surface area contributed by atoms with Crippen LogP contribution in [-0.4, -0.2) is 42.6 Å². The highest BCUT2D eigenvalue weighted by atomic mass is 19.1. The zero-order chi connectivity index (χ0) is 25.4. The molecule has 182 valence electrons. The smallest absolute Gasteiger partial charge is 0.274 e. The third-order valence-corrected chi connectivity index (χ3v) is 6.25. The van der Waals surface area contributed by atoms with E-state index in [1.165, 1.54) is 23.6 Å². The molecule has 10 nitrogen and oxygen atoms in total. The van der Waals surface area contributed by atoms with Crippen molar-refractivity contribution in [3.8, 4) is 0 Å². The first-order valence-corrected chi connectivity index (χ1v) is 11.4. The van der Waals surface area contributed by atoms with Crippen LogP contribution in [0.4, 0.5) is 4.39 Å². The lowest BCUT2D eigenvalue weighted by atomic mass is 10.0. The van der Waals surface area contributed by atoms with E-state index in [1.807, 2.05) is 12.1 Å². The van der Waals surface area contributed by atoms with Gasteiger partial charge >= 0.3 is 0 Å². The van der Waals surface area contributed by atoms with Crippen LogP contribution in [0, 0.1) is 12.7 Å². The van der Waals surface area contributed by atoms with E-state index in [9.17, 15) is 18.8 Å². The van der Waals surface area contributed by atoms with E-state index in [4.69, 9.17) is 0 Å². The van der Waals surface area contributed by atoms with Crippen molar-refractivity contribution in [1.82, 2.24) is 35.7 Å². The van der Waals surface area contributed by atoms with E-state index in [-0.39, 0.29) is 41.4 Å². The molecule has 4 aromatic rings. The van der Waals surface area contributed by atoms with E-state index in [2.05, 4.69) is 31.1 Å².